The number of methoxy groups -OCH3 is 1. The number of hydrogen-bond acceptors (Lipinski definition) is 6. The molecule has 1 aliphatic rings. The van der Waals surface area contributed by atoms with E-state index in [9.17, 15) is 0 Å². The van der Waals surface area contributed by atoms with Gasteiger partial charge in [0.25, 0.3) is 0 Å². The molecular formula is C19H28ClIN6OS. The van der Waals surface area contributed by atoms with Gasteiger partial charge >= 0.3 is 0 Å². The zero-order valence-corrected chi connectivity index (χ0v) is 21.0. The van der Waals surface area contributed by atoms with E-state index in [-0.39, 0.29) is 24.0 Å². The number of rotatable bonds is 6. The van der Waals surface area contributed by atoms with Crippen LogP contribution in [0.3, 0.4) is 0 Å². The van der Waals surface area contributed by atoms with Crippen molar-refractivity contribution >= 4 is 63.7 Å². The minimum absolute atomic E-state index is 0. The molecule has 0 spiro atoms. The Bertz CT molecular complexity index is 831. The maximum Gasteiger partial charge on any atom is 0.191 e. The zero-order chi connectivity index (χ0) is 20.1. The van der Waals surface area contributed by atoms with E-state index in [0.717, 1.165) is 47.7 Å². The molecule has 0 bridgehead atoms. The summed E-state index contributed by atoms with van der Waals surface area (Å²) >= 11 is 7.82. The lowest BCUT2D eigenvalue weighted by Gasteiger charge is -2.22. The lowest BCUT2D eigenvalue weighted by molar-refractivity contribution is 0.415. The highest BCUT2D eigenvalue weighted by atomic mass is 127. The van der Waals surface area contributed by atoms with Crippen LogP contribution >= 0.6 is 46.9 Å². The lowest BCUT2D eigenvalue weighted by atomic mass is 10.2. The minimum atomic E-state index is 0. The topological polar surface area (TPSA) is 65.0 Å². The number of guanidine groups is 1. The third-order valence-electron chi connectivity index (χ3n) is 4.59. The van der Waals surface area contributed by atoms with Gasteiger partial charge in [-0.05, 0) is 24.6 Å². The molecule has 29 heavy (non-hydrogen) atoms. The SMILES string of the molecule is CN=C(NCc1csc(N(C)C)n1)NC1CCN(c2cc(Cl)ccc2OC)C1.I. The van der Waals surface area contributed by atoms with E-state index >= 15 is 0 Å². The molecule has 2 heterocycles. The molecule has 1 atom stereocenters. The molecule has 0 amide bonds. The maximum atomic E-state index is 6.18. The number of aliphatic imine (C=N–C) groups is 1. The Labute approximate surface area is 198 Å². The predicted octanol–water partition coefficient (Wildman–Crippen LogP) is 3.43. The summed E-state index contributed by atoms with van der Waals surface area (Å²) in [7, 11) is 7.47. The van der Waals surface area contributed by atoms with Gasteiger partial charge in [-0.1, -0.05) is 11.6 Å². The van der Waals surface area contributed by atoms with Gasteiger partial charge in [0.2, 0.25) is 0 Å². The zero-order valence-electron chi connectivity index (χ0n) is 17.1. The maximum absolute atomic E-state index is 6.18. The predicted molar refractivity (Wildman–Crippen MR) is 134 cm³/mol. The molecule has 1 aliphatic heterocycles. The smallest absolute Gasteiger partial charge is 0.191 e. The van der Waals surface area contributed by atoms with Gasteiger partial charge in [0.05, 0.1) is 25.0 Å². The van der Waals surface area contributed by atoms with Crippen molar-refractivity contribution in [3.05, 3.63) is 34.3 Å². The first kappa shape index (κ1) is 23.8. The van der Waals surface area contributed by atoms with E-state index in [1.54, 1.807) is 25.5 Å². The van der Waals surface area contributed by atoms with Crippen LogP contribution in [0.2, 0.25) is 5.02 Å². The standard InChI is InChI=1S/C19H27ClN6OS.HI/c1-21-18(22-10-15-12-28-19(24-15)25(2)3)23-14-7-8-26(11-14)16-9-13(20)5-6-17(16)27-4;/h5-6,9,12,14H,7-8,10-11H2,1-4H3,(H2,21,22,23);1H. The molecule has 2 aromatic rings. The average molecular weight is 551 g/mol. The first-order valence-electron chi connectivity index (χ1n) is 9.17. The second-order valence-electron chi connectivity index (χ2n) is 6.83. The Morgan fingerprint density at radius 3 is 2.90 bits per heavy atom. The normalized spacial score (nSPS) is 16.4. The second kappa shape index (κ2) is 11.1. The second-order valence-corrected chi connectivity index (χ2v) is 8.11. The molecule has 1 aromatic heterocycles. The summed E-state index contributed by atoms with van der Waals surface area (Å²) in [6, 6.07) is 6.01. The van der Waals surface area contributed by atoms with Crippen LogP contribution in [0.25, 0.3) is 0 Å². The van der Waals surface area contributed by atoms with E-state index in [1.165, 1.54) is 0 Å². The van der Waals surface area contributed by atoms with Gasteiger partial charge in [-0.2, -0.15) is 0 Å². The van der Waals surface area contributed by atoms with E-state index in [2.05, 4.69) is 30.9 Å². The number of nitrogens with one attached hydrogen (secondary N) is 2. The van der Waals surface area contributed by atoms with Crippen LogP contribution in [0, 0.1) is 0 Å². The molecular weight excluding hydrogens is 523 g/mol. The Morgan fingerprint density at radius 1 is 1.45 bits per heavy atom. The molecule has 1 fully saturated rings. The third-order valence-corrected chi connectivity index (χ3v) is 5.89. The van der Waals surface area contributed by atoms with Crippen LogP contribution in [0.1, 0.15) is 12.1 Å². The first-order chi connectivity index (χ1) is 13.5. The molecule has 1 saturated heterocycles. The van der Waals surface area contributed by atoms with Gasteiger partial charge in [-0.3, -0.25) is 4.99 Å². The summed E-state index contributed by atoms with van der Waals surface area (Å²) in [4.78, 5) is 13.2. The monoisotopic (exact) mass is 550 g/mol. The lowest BCUT2D eigenvalue weighted by Crippen LogP contribution is -2.44. The van der Waals surface area contributed by atoms with Crippen LogP contribution in [0.5, 0.6) is 5.75 Å². The molecule has 0 saturated carbocycles. The highest BCUT2D eigenvalue weighted by Crippen LogP contribution is 2.33. The fraction of sp³-hybridized carbons (Fsp3) is 0.474. The Kier molecular flexibility index (Phi) is 9.09. The molecule has 3 rings (SSSR count). The summed E-state index contributed by atoms with van der Waals surface area (Å²) in [6.45, 7) is 2.44. The van der Waals surface area contributed by atoms with Gasteiger partial charge in [0, 0.05) is 50.7 Å². The number of anilines is 2. The fourth-order valence-electron chi connectivity index (χ4n) is 3.15. The molecule has 7 nitrogen and oxygen atoms in total. The van der Waals surface area contributed by atoms with Crippen molar-refractivity contribution < 1.29 is 4.74 Å². The van der Waals surface area contributed by atoms with Crippen LogP contribution < -0.4 is 25.2 Å². The largest absolute Gasteiger partial charge is 0.495 e. The average Bonchev–Trinajstić information content (AvgIpc) is 3.34. The Balaban J connectivity index is 0.00000300. The van der Waals surface area contributed by atoms with E-state index < -0.39 is 0 Å². The molecule has 160 valence electrons. The van der Waals surface area contributed by atoms with Gasteiger partial charge in [-0.25, -0.2) is 4.98 Å². The quantitative estimate of drug-likeness (QED) is 0.326. The van der Waals surface area contributed by atoms with Gasteiger partial charge in [0.15, 0.2) is 11.1 Å². The number of halogens is 2. The highest BCUT2D eigenvalue weighted by molar-refractivity contribution is 14.0. The number of hydrogen-bond donors (Lipinski definition) is 2. The van der Waals surface area contributed by atoms with E-state index in [1.807, 2.05) is 37.2 Å². The minimum Gasteiger partial charge on any atom is -0.495 e. The van der Waals surface area contributed by atoms with Crippen LogP contribution in [-0.2, 0) is 6.54 Å². The van der Waals surface area contributed by atoms with Crippen molar-refractivity contribution in [2.45, 2.75) is 19.0 Å². The number of aromatic nitrogens is 1. The van der Waals surface area contributed by atoms with Crippen molar-refractivity contribution in [1.82, 2.24) is 15.6 Å². The molecule has 0 radical (unpaired) electrons. The highest BCUT2D eigenvalue weighted by Gasteiger charge is 2.25. The van der Waals surface area contributed by atoms with Crippen molar-refractivity contribution in [3.8, 4) is 5.75 Å². The van der Waals surface area contributed by atoms with Crippen molar-refractivity contribution in [3.63, 3.8) is 0 Å². The molecule has 1 unspecified atom stereocenters. The van der Waals surface area contributed by atoms with Gasteiger partial charge in [-0.15, -0.1) is 35.3 Å². The van der Waals surface area contributed by atoms with Crippen LogP contribution in [0.4, 0.5) is 10.8 Å². The summed E-state index contributed by atoms with van der Waals surface area (Å²) < 4.78 is 5.49. The summed E-state index contributed by atoms with van der Waals surface area (Å²) in [5.41, 5.74) is 2.04. The third kappa shape index (κ3) is 6.26. The first-order valence-corrected chi connectivity index (χ1v) is 10.4. The van der Waals surface area contributed by atoms with Crippen molar-refractivity contribution in [1.29, 1.82) is 0 Å². The van der Waals surface area contributed by atoms with Gasteiger partial charge < -0.3 is 25.2 Å². The summed E-state index contributed by atoms with van der Waals surface area (Å²) in [6.07, 6.45) is 1.01. The Hall–Kier alpha value is -1.46. The van der Waals surface area contributed by atoms with Gasteiger partial charge in [0.1, 0.15) is 5.75 Å². The fourth-order valence-corrected chi connectivity index (χ4v) is 4.08. The van der Waals surface area contributed by atoms with E-state index in [4.69, 9.17) is 16.3 Å². The van der Waals surface area contributed by atoms with Crippen LogP contribution in [-0.4, -0.2) is 58.3 Å². The summed E-state index contributed by atoms with van der Waals surface area (Å²) in [5.74, 6) is 1.62. The molecule has 0 aliphatic carbocycles. The molecule has 2 N–H and O–H groups in total. The summed E-state index contributed by atoms with van der Waals surface area (Å²) in [5, 5.41) is 10.6. The number of ether oxygens (including phenoxy) is 1. The number of thiazole rings is 1. The molecule has 1 aromatic carbocycles. The number of nitrogens with zero attached hydrogens (tertiary/aromatic N) is 4. The number of benzene rings is 1. The van der Waals surface area contributed by atoms with Crippen molar-refractivity contribution in [2.75, 3.05) is 51.1 Å². The van der Waals surface area contributed by atoms with E-state index in [0.29, 0.717) is 17.6 Å². The van der Waals surface area contributed by atoms with Crippen LogP contribution in [0.15, 0.2) is 28.6 Å². The molecule has 10 heteroatoms. The van der Waals surface area contributed by atoms with Crippen molar-refractivity contribution in [2.24, 2.45) is 4.99 Å². The Morgan fingerprint density at radius 2 is 2.24 bits per heavy atom.